The summed E-state index contributed by atoms with van der Waals surface area (Å²) in [5.41, 5.74) is 1.63. The van der Waals surface area contributed by atoms with E-state index in [9.17, 15) is 19.2 Å². The highest BCUT2D eigenvalue weighted by molar-refractivity contribution is 6.07. The van der Waals surface area contributed by atoms with Gasteiger partial charge in [0.25, 0.3) is 5.91 Å². The van der Waals surface area contributed by atoms with Crippen molar-refractivity contribution in [1.82, 2.24) is 10.2 Å². The molecule has 1 aromatic carbocycles. The monoisotopic (exact) mass is 333 g/mol. The summed E-state index contributed by atoms with van der Waals surface area (Å²) in [5, 5.41) is 5.51. The molecule has 130 valence electrons. The molecule has 0 radical (unpaired) electrons. The molecule has 0 aliphatic carbocycles. The van der Waals surface area contributed by atoms with Gasteiger partial charge in [-0.3, -0.25) is 19.3 Å². The summed E-state index contributed by atoms with van der Waals surface area (Å²) in [4.78, 5) is 48.0. The molecule has 0 heterocycles. The van der Waals surface area contributed by atoms with Gasteiger partial charge in [0.05, 0.1) is 5.56 Å². The van der Waals surface area contributed by atoms with Crippen molar-refractivity contribution in [2.75, 3.05) is 18.9 Å². The summed E-state index contributed by atoms with van der Waals surface area (Å²) in [6.45, 7) is 4.26. The van der Waals surface area contributed by atoms with Crippen LogP contribution >= 0.6 is 0 Å². The third-order valence-corrected chi connectivity index (χ3v) is 3.64. The topological polar surface area (TPSA) is 95.6 Å². The number of imide groups is 1. The number of nitrogens with zero attached hydrogens (tertiary/aromatic N) is 1. The van der Waals surface area contributed by atoms with Crippen molar-refractivity contribution in [3.63, 3.8) is 0 Å². The van der Waals surface area contributed by atoms with E-state index >= 15 is 0 Å². The highest BCUT2D eigenvalue weighted by Gasteiger charge is 2.31. The fourth-order valence-electron chi connectivity index (χ4n) is 2.47. The third-order valence-electron chi connectivity index (χ3n) is 3.64. The fourth-order valence-corrected chi connectivity index (χ4v) is 2.47. The van der Waals surface area contributed by atoms with Gasteiger partial charge >= 0.3 is 0 Å². The number of nitrogens with one attached hydrogen (secondary N) is 2. The average Bonchev–Trinajstić information content (AvgIpc) is 2.58. The summed E-state index contributed by atoms with van der Waals surface area (Å²) in [6.07, 6.45) is 1.15. The van der Waals surface area contributed by atoms with Gasteiger partial charge in [-0.25, -0.2) is 0 Å². The van der Waals surface area contributed by atoms with Gasteiger partial charge in [-0.15, -0.1) is 0 Å². The molecule has 7 heteroatoms. The second-order valence-corrected chi connectivity index (χ2v) is 5.22. The van der Waals surface area contributed by atoms with Crippen LogP contribution in [0.15, 0.2) is 18.2 Å². The van der Waals surface area contributed by atoms with E-state index in [1.807, 2.05) is 6.92 Å². The molecular weight excluding hydrogens is 310 g/mol. The van der Waals surface area contributed by atoms with Gasteiger partial charge in [0.15, 0.2) is 0 Å². The Labute approximate surface area is 141 Å². The number of aldehydes is 1. The van der Waals surface area contributed by atoms with Gasteiger partial charge in [-0.2, -0.15) is 0 Å². The van der Waals surface area contributed by atoms with Crippen LogP contribution in [0.1, 0.15) is 35.7 Å². The molecule has 1 aromatic rings. The smallest absolute Gasteiger partial charge is 0.263 e. The maximum atomic E-state index is 12.9. The minimum atomic E-state index is -1.03. The zero-order valence-corrected chi connectivity index (χ0v) is 14.2. The lowest BCUT2D eigenvalue weighted by Gasteiger charge is -2.26. The molecule has 0 aliphatic rings. The molecule has 3 amide bonds. The molecule has 0 fully saturated rings. The molecule has 0 aliphatic heterocycles. The van der Waals surface area contributed by atoms with Crippen LogP contribution in [0.2, 0.25) is 0 Å². The molecule has 24 heavy (non-hydrogen) atoms. The molecule has 1 unspecified atom stereocenters. The number of aryl methyl sites for hydroxylation is 1. The first kappa shape index (κ1) is 19.3. The van der Waals surface area contributed by atoms with Crippen LogP contribution in [0.3, 0.4) is 0 Å². The zero-order valence-electron chi connectivity index (χ0n) is 14.2. The number of anilines is 1. The summed E-state index contributed by atoms with van der Waals surface area (Å²) in [7, 11) is 1.42. The van der Waals surface area contributed by atoms with Gasteiger partial charge in [-0.1, -0.05) is 12.1 Å². The first-order valence-electron chi connectivity index (χ1n) is 7.78. The molecule has 0 spiro atoms. The number of amides is 3. The molecule has 0 saturated carbocycles. The molecule has 0 saturated heterocycles. The lowest BCUT2D eigenvalue weighted by Crippen LogP contribution is -2.48. The highest BCUT2D eigenvalue weighted by atomic mass is 16.2. The van der Waals surface area contributed by atoms with Crippen LogP contribution in [0.5, 0.6) is 0 Å². The van der Waals surface area contributed by atoms with Crippen LogP contribution in [0, 0.1) is 6.92 Å². The Bertz CT molecular complexity index is 616. The quantitative estimate of drug-likeness (QED) is 0.660. The second-order valence-electron chi connectivity index (χ2n) is 5.22. The van der Waals surface area contributed by atoms with Gasteiger partial charge in [-0.05, 0) is 31.9 Å². The number of hydrogen-bond donors (Lipinski definition) is 2. The highest BCUT2D eigenvalue weighted by Crippen LogP contribution is 2.22. The predicted octanol–water partition coefficient (Wildman–Crippen LogP) is 1.12. The molecule has 0 bridgehead atoms. The maximum absolute atomic E-state index is 12.9. The normalized spacial score (nSPS) is 11.3. The Hall–Kier alpha value is -2.70. The Morgan fingerprint density at radius 2 is 2.00 bits per heavy atom. The number of carbonyl (C=O) groups is 4. The summed E-state index contributed by atoms with van der Waals surface area (Å²) >= 11 is 0. The van der Waals surface area contributed by atoms with E-state index in [1.165, 1.54) is 7.05 Å². The largest absolute Gasteiger partial charge is 0.385 e. The average molecular weight is 333 g/mol. The lowest BCUT2D eigenvalue weighted by molar-refractivity contribution is -0.131. The molecule has 0 aromatic heterocycles. The van der Waals surface area contributed by atoms with E-state index in [0.717, 1.165) is 4.90 Å². The molecule has 7 nitrogen and oxygen atoms in total. The van der Waals surface area contributed by atoms with E-state index < -0.39 is 17.9 Å². The van der Waals surface area contributed by atoms with E-state index in [-0.39, 0.29) is 12.8 Å². The molecule has 1 rings (SSSR count). The van der Waals surface area contributed by atoms with Crippen molar-refractivity contribution in [3.05, 3.63) is 29.3 Å². The van der Waals surface area contributed by atoms with Gasteiger partial charge < -0.3 is 15.4 Å². The molecule has 1 atom stereocenters. The summed E-state index contributed by atoms with van der Waals surface area (Å²) in [6, 6.07) is 4.28. The Morgan fingerprint density at radius 1 is 1.29 bits per heavy atom. The van der Waals surface area contributed by atoms with Crippen molar-refractivity contribution in [3.8, 4) is 0 Å². The minimum Gasteiger partial charge on any atom is -0.385 e. The first-order chi connectivity index (χ1) is 11.5. The second kappa shape index (κ2) is 9.44. The first-order valence-corrected chi connectivity index (χ1v) is 7.78. The Balaban J connectivity index is 3.27. The van der Waals surface area contributed by atoms with E-state index in [0.29, 0.717) is 36.1 Å². The zero-order chi connectivity index (χ0) is 18.1. The van der Waals surface area contributed by atoms with Crippen LogP contribution in [0.4, 0.5) is 5.69 Å². The molecule has 2 N–H and O–H groups in total. The maximum Gasteiger partial charge on any atom is 0.263 e. The number of rotatable bonds is 9. The number of hydrogen-bond acceptors (Lipinski definition) is 5. The Morgan fingerprint density at radius 3 is 2.54 bits per heavy atom. The minimum absolute atomic E-state index is 0.0730. The van der Waals surface area contributed by atoms with Crippen molar-refractivity contribution in [2.45, 2.75) is 32.7 Å². The van der Waals surface area contributed by atoms with Gasteiger partial charge in [0.2, 0.25) is 12.3 Å². The van der Waals surface area contributed by atoms with Crippen molar-refractivity contribution in [1.29, 1.82) is 0 Å². The SMILES string of the molecule is CCNc1cccc(C)c1C(=O)N(C=O)C(CCC=O)C(=O)NC. The van der Waals surface area contributed by atoms with E-state index in [2.05, 4.69) is 10.6 Å². The van der Waals surface area contributed by atoms with E-state index in [1.54, 1.807) is 25.1 Å². The predicted molar refractivity (Wildman–Crippen MR) is 90.7 cm³/mol. The van der Waals surface area contributed by atoms with E-state index in [4.69, 9.17) is 0 Å². The van der Waals surface area contributed by atoms with Crippen LogP contribution in [0.25, 0.3) is 0 Å². The number of benzene rings is 1. The lowest BCUT2D eigenvalue weighted by atomic mass is 10.0. The van der Waals surface area contributed by atoms with Crippen molar-refractivity contribution >= 4 is 30.2 Å². The van der Waals surface area contributed by atoms with Gasteiger partial charge in [0, 0.05) is 25.7 Å². The summed E-state index contributed by atoms with van der Waals surface area (Å²) < 4.78 is 0. The number of carbonyl (C=O) groups excluding carboxylic acids is 4. The van der Waals surface area contributed by atoms with Crippen molar-refractivity contribution < 1.29 is 19.2 Å². The summed E-state index contributed by atoms with van der Waals surface area (Å²) in [5.74, 6) is -1.06. The third kappa shape index (κ3) is 4.41. The van der Waals surface area contributed by atoms with Crippen LogP contribution in [-0.4, -0.2) is 49.0 Å². The number of likely N-dealkylation sites (N-methyl/N-ethyl adjacent to an activating group) is 1. The fraction of sp³-hybridized carbons (Fsp3) is 0.412. The standard InChI is InChI=1S/C17H23N3O4/c1-4-19-13-8-5-7-12(2)15(13)17(24)20(11-22)14(9-6-10-21)16(23)18-3/h5,7-8,10-11,14,19H,4,6,9H2,1-3H3,(H,18,23). The molecular formula is C17H23N3O4. The van der Waals surface area contributed by atoms with Crippen molar-refractivity contribution in [2.24, 2.45) is 0 Å². The van der Waals surface area contributed by atoms with Crippen LogP contribution in [-0.2, 0) is 14.4 Å². The van der Waals surface area contributed by atoms with Gasteiger partial charge in [0.1, 0.15) is 12.3 Å². The Kier molecular flexibility index (Phi) is 7.61. The van der Waals surface area contributed by atoms with Crippen LogP contribution < -0.4 is 10.6 Å².